The predicted octanol–water partition coefficient (Wildman–Crippen LogP) is 3.36. The second-order valence-electron chi connectivity index (χ2n) is 4.26. The molecule has 0 saturated heterocycles. The minimum absolute atomic E-state index is 0.241. The van der Waals surface area contributed by atoms with Gasteiger partial charge in [0.25, 0.3) is 0 Å². The van der Waals surface area contributed by atoms with Gasteiger partial charge in [-0.1, -0.05) is 11.6 Å². The van der Waals surface area contributed by atoms with Crippen molar-refractivity contribution in [3.8, 4) is 0 Å². The van der Waals surface area contributed by atoms with Crippen LogP contribution in [0.2, 0.25) is 5.02 Å². The van der Waals surface area contributed by atoms with Crippen LogP contribution in [0.4, 0.5) is 4.39 Å². The van der Waals surface area contributed by atoms with Crippen LogP contribution in [0.3, 0.4) is 0 Å². The van der Waals surface area contributed by atoms with Crippen molar-refractivity contribution in [1.82, 2.24) is 0 Å². The number of nitrogens with zero attached hydrogens (tertiary/aromatic N) is 1. The van der Waals surface area contributed by atoms with Crippen molar-refractivity contribution < 1.29 is 8.60 Å². The molecule has 0 saturated carbocycles. The highest BCUT2D eigenvalue weighted by Crippen LogP contribution is 2.15. The Balaban J connectivity index is 2.93. The second-order valence-corrected chi connectivity index (χ2v) is 6.63. The van der Waals surface area contributed by atoms with Crippen LogP contribution in [0, 0.1) is 5.82 Å². The van der Waals surface area contributed by atoms with E-state index in [-0.39, 0.29) is 5.56 Å². The van der Waals surface area contributed by atoms with Gasteiger partial charge in [0.1, 0.15) is 16.8 Å². The lowest BCUT2D eigenvalue weighted by molar-refractivity contribution is 0.626. The molecule has 0 spiro atoms. The molecule has 1 aromatic rings. The fourth-order valence-corrected chi connectivity index (χ4v) is 1.58. The third kappa shape index (κ3) is 3.68. The molecule has 0 unspecified atom stereocenters. The van der Waals surface area contributed by atoms with Gasteiger partial charge in [0, 0.05) is 16.8 Å². The van der Waals surface area contributed by atoms with Crippen LogP contribution < -0.4 is 0 Å². The molecule has 0 N–H and O–H groups in total. The van der Waals surface area contributed by atoms with E-state index in [1.807, 2.05) is 0 Å². The second kappa shape index (κ2) is 5.06. The van der Waals surface area contributed by atoms with E-state index in [1.54, 1.807) is 20.8 Å². The molecule has 0 bridgehead atoms. The van der Waals surface area contributed by atoms with Crippen molar-refractivity contribution >= 4 is 28.8 Å². The van der Waals surface area contributed by atoms with Crippen molar-refractivity contribution in [2.45, 2.75) is 25.5 Å². The fraction of sp³-hybridized carbons (Fsp3) is 0.364. The lowest BCUT2D eigenvalue weighted by atomic mass is 10.2. The Morgan fingerprint density at radius 3 is 2.62 bits per heavy atom. The van der Waals surface area contributed by atoms with Crippen molar-refractivity contribution in [2.75, 3.05) is 0 Å². The van der Waals surface area contributed by atoms with Crippen LogP contribution >= 0.6 is 11.6 Å². The number of benzene rings is 1. The number of rotatable bonds is 2. The zero-order chi connectivity index (χ0) is 12.3. The summed E-state index contributed by atoms with van der Waals surface area (Å²) in [6.45, 7) is 5.40. The maximum atomic E-state index is 13.3. The summed E-state index contributed by atoms with van der Waals surface area (Å²) in [4.78, 5) is 0. The zero-order valence-corrected chi connectivity index (χ0v) is 10.9. The molecular weight excluding hydrogens is 249 g/mol. The average molecular weight is 262 g/mol. The summed E-state index contributed by atoms with van der Waals surface area (Å²) < 4.78 is 28.2. The third-order valence-electron chi connectivity index (χ3n) is 1.77. The SMILES string of the molecule is CC(C)(C)[S@](=O)/N=C/c1cc(Cl)ccc1F. The molecule has 0 aliphatic carbocycles. The maximum absolute atomic E-state index is 13.3. The largest absolute Gasteiger partial charge is 0.234 e. The molecule has 16 heavy (non-hydrogen) atoms. The summed E-state index contributed by atoms with van der Waals surface area (Å²) in [5.74, 6) is -0.431. The quantitative estimate of drug-likeness (QED) is 0.751. The Hall–Kier alpha value is -0.740. The van der Waals surface area contributed by atoms with E-state index in [0.717, 1.165) is 0 Å². The van der Waals surface area contributed by atoms with Gasteiger partial charge in [-0.2, -0.15) is 4.40 Å². The average Bonchev–Trinajstić information content (AvgIpc) is 2.17. The van der Waals surface area contributed by atoms with Gasteiger partial charge < -0.3 is 0 Å². The molecule has 0 fully saturated rings. The first-order valence-electron chi connectivity index (χ1n) is 4.72. The molecule has 0 aliphatic rings. The lowest BCUT2D eigenvalue weighted by Crippen LogP contribution is -2.19. The van der Waals surface area contributed by atoms with E-state index in [2.05, 4.69) is 4.40 Å². The first-order valence-corrected chi connectivity index (χ1v) is 6.20. The highest BCUT2D eigenvalue weighted by atomic mass is 35.5. The lowest BCUT2D eigenvalue weighted by Gasteiger charge is -2.12. The number of halogens is 2. The summed E-state index contributed by atoms with van der Waals surface area (Å²) in [6.07, 6.45) is 1.25. The van der Waals surface area contributed by atoms with Gasteiger partial charge in [-0.3, -0.25) is 0 Å². The normalized spacial score (nSPS) is 14.3. The standard InChI is InChI=1S/C11H13ClFNOS/c1-11(2,3)16(15)14-7-8-6-9(12)4-5-10(8)13/h4-7H,1-3H3/b14-7+/t16-/m0/s1. The van der Waals surface area contributed by atoms with E-state index in [9.17, 15) is 8.60 Å². The van der Waals surface area contributed by atoms with Crippen LogP contribution in [-0.4, -0.2) is 15.2 Å². The van der Waals surface area contributed by atoms with E-state index >= 15 is 0 Å². The Labute approximate surface area is 102 Å². The van der Waals surface area contributed by atoms with Gasteiger partial charge in [0.2, 0.25) is 0 Å². The summed E-state index contributed by atoms with van der Waals surface area (Å²) in [5, 5.41) is 0.421. The number of hydrogen-bond acceptors (Lipinski definition) is 1. The molecule has 0 aromatic heterocycles. The molecule has 1 atom stereocenters. The van der Waals surface area contributed by atoms with Crippen molar-refractivity contribution in [3.05, 3.63) is 34.6 Å². The van der Waals surface area contributed by atoms with Crippen LogP contribution in [-0.2, 0) is 11.0 Å². The van der Waals surface area contributed by atoms with Crippen molar-refractivity contribution in [2.24, 2.45) is 4.40 Å². The van der Waals surface area contributed by atoms with Gasteiger partial charge in [-0.15, -0.1) is 0 Å². The summed E-state index contributed by atoms with van der Waals surface area (Å²) in [6, 6.07) is 4.15. The Morgan fingerprint density at radius 1 is 1.44 bits per heavy atom. The molecule has 5 heteroatoms. The Morgan fingerprint density at radius 2 is 2.06 bits per heavy atom. The van der Waals surface area contributed by atoms with E-state index in [0.29, 0.717) is 5.02 Å². The first-order chi connectivity index (χ1) is 7.30. The minimum Gasteiger partial charge on any atom is -0.234 e. The predicted molar refractivity (Wildman–Crippen MR) is 66.9 cm³/mol. The molecular formula is C11H13ClFNOS. The van der Waals surface area contributed by atoms with Crippen LogP contribution in [0.15, 0.2) is 22.6 Å². The number of hydrogen-bond donors (Lipinski definition) is 0. The highest BCUT2D eigenvalue weighted by molar-refractivity contribution is 7.85. The van der Waals surface area contributed by atoms with Crippen molar-refractivity contribution in [3.63, 3.8) is 0 Å². The summed E-state index contributed by atoms with van der Waals surface area (Å²) >= 11 is 5.72. The van der Waals surface area contributed by atoms with E-state index in [1.165, 1.54) is 24.4 Å². The minimum atomic E-state index is -1.39. The van der Waals surface area contributed by atoms with Gasteiger partial charge in [-0.25, -0.2) is 8.60 Å². The highest BCUT2D eigenvalue weighted by Gasteiger charge is 2.18. The van der Waals surface area contributed by atoms with Crippen LogP contribution in [0.1, 0.15) is 26.3 Å². The molecule has 1 rings (SSSR count). The van der Waals surface area contributed by atoms with Gasteiger partial charge in [-0.05, 0) is 39.0 Å². The molecule has 0 aliphatic heterocycles. The van der Waals surface area contributed by atoms with Crippen molar-refractivity contribution in [1.29, 1.82) is 0 Å². The van der Waals surface area contributed by atoms with Gasteiger partial charge in [0.05, 0.1) is 4.75 Å². The van der Waals surface area contributed by atoms with Gasteiger partial charge >= 0.3 is 0 Å². The van der Waals surface area contributed by atoms with E-state index in [4.69, 9.17) is 11.6 Å². The first kappa shape index (κ1) is 13.3. The smallest absolute Gasteiger partial charge is 0.144 e. The summed E-state index contributed by atoms with van der Waals surface area (Å²) in [7, 11) is -1.39. The molecule has 0 radical (unpaired) electrons. The van der Waals surface area contributed by atoms with Gasteiger partial charge in [0.15, 0.2) is 0 Å². The molecule has 0 amide bonds. The monoisotopic (exact) mass is 261 g/mol. The van der Waals surface area contributed by atoms with Crippen LogP contribution in [0.25, 0.3) is 0 Å². The zero-order valence-electron chi connectivity index (χ0n) is 9.33. The molecule has 1 aromatic carbocycles. The van der Waals surface area contributed by atoms with E-state index < -0.39 is 21.5 Å². The molecule has 2 nitrogen and oxygen atoms in total. The Kier molecular flexibility index (Phi) is 4.21. The topological polar surface area (TPSA) is 29.4 Å². The third-order valence-corrected chi connectivity index (χ3v) is 3.35. The fourth-order valence-electron chi connectivity index (χ4n) is 0.876. The van der Waals surface area contributed by atoms with Crippen LogP contribution in [0.5, 0.6) is 0 Å². The Bertz CT molecular complexity index is 440. The molecule has 88 valence electrons. The summed E-state index contributed by atoms with van der Waals surface area (Å²) in [5.41, 5.74) is 0.241. The molecule has 0 heterocycles. The maximum Gasteiger partial charge on any atom is 0.144 e.